The maximum absolute atomic E-state index is 11.7. The molecular weight excluding hydrogens is 478 g/mol. The van der Waals surface area contributed by atoms with Crippen LogP contribution in [0.4, 0.5) is 23.5 Å². The number of hydrogen-bond donors (Lipinski definition) is 3. The highest BCUT2D eigenvalue weighted by atomic mass is 16.1. The molecule has 2 aromatic carbocycles. The smallest absolute Gasteiger partial charge is 0.248 e. The Kier molecular flexibility index (Phi) is 8.38. The molecule has 1 saturated heterocycles. The van der Waals surface area contributed by atoms with Crippen molar-refractivity contribution >= 4 is 29.4 Å². The number of carbonyl (C=O) groups is 1. The van der Waals surface area contributed by atoms with Gasteiger partial charge in [-0.2, -0.15) is 20.2 Å². The van der Waals surface area contributed by atoms with Crippen molar-refractivity contribution in [2.75, 3.05) is 42.2 Å². The molecule has 1 aromatic heterocycles. The van der Waals surface area contributed by atoms with Gasteiger partial charge in [-0.05, 0) is 48.6 Å². The first kappa shape index (κ1) is 26.8. The topological polar surface area (TPSA) is 136 Å². The van der Waals surface area contributed by atoms with E-state index < -0.39 is 5.91 Å². The molecule has 4 N–H and O–H groups in total. The molecule has 0 saturated carbocycles. The van der Waals surface area contributed by atoms with Gasteiger partial charge in [0.15, 0.2) is 0 Å². The lowest BCUT2D eigenvalue weighted by Crippen LogP contribution is -2.28. The summed E-state index contributed by atoms with van der Waals surface area (Å²) in [6.45, 7) is 9.46. The monoisotopic (exact) mass is 513 g/mol. The van der Waals surface area contributed by atoms with Crippen LogP contribution in [0.15, 0.2) is 42.5 Å². The number of carbonyl (C=O) groups excluding carboxylic acids is 1. The zero-order chi connectivity index (χ0) is 27.2. The molecule has 0 spiro atoms. The number of nitrogens with two attached hydrogens (primary N) is 1. The van der Waals surface area contributed by atoms with Crippen molar-refractivity contribution in [3.05, 3.63) is 64.7 Å². The summed E-state index contributed by atoms with van der Waals surface area (Å²) in [5.74, 6) is 1.36. The van der Waals surface area contributed by atoms with E-state index in [9.17, 15) is 10.1 Å². The van der Waals surface area contributed by atoms with Crippen LogP contribution in [-0.4, -0.2) is 58.5 Å². The highest BCUT2D eigenvalue weighted by Gasteiger charge is 2.24. The molecule has 3 aromatic rings. The molecule has 1 fully saturated rings. The second kappa shape index (κ2) is 11.9. The lowest BCUT2D eigenvalue weighted by molar-refractivity contribution is 0.100. The average Bonchev–Trinajstić information content (AvgIpc) is 3.31. The fourth-order valence-corrected chi connectivity index (χ4v) is 4.60. The van der Waals surface area contributed by atoms with Gasteiger partial charge in [-0.25, -0.2) is 0 Å². The minimum atomic E-state index is -0.494. The molecule has 1 amide bonds. The summed E-state index contributed by atoms with van der Waals surface area (Å²) in [5, 5.41) is 16.2. The number of rotatable bonds is 10. The van der Waals surface area contributed by atoms with Crippen LogP contribution in [0.5, 0.6) is 0 Å². The number of benzene rings is 2. The van der Waals surface area contributed by atoms with Gasteiger partial charge in [0.2, 0.25) is 23.8 Å². The van der Waals surface area contributed by atoms with Gasteiger partial charge in [0.1, 0.15) is 0 Å². The highest BCUT2D eigenvalue weighted by molar-refractivity contribution is 5.94. The van der Waals surface area contributed by atoms with E-state index in [1.807, 2.05) is 49.2 Å². The number of hydrogen-bond acceptors (Lipinski definition) is 9. The summed E-state index contributed by atoms with van der Waals surface area (Å²) in [7, 11) is 1.96. The molecule has 1 atom stereocenters. The van der Waals surface area contributed by atoms with Gasteiger partial charge in [-0.3, -0.25) is 9.69 Å². The second-order valence-corrected chi connectivity index (χ2v) is 10.2. The van der Waals surface area contributed by atoms with Crippen LogP contribution in [0.1, 0.15) is 47.3 Å². The molecule has 198 valence electrons. The van der Waals surface area contributed by atoms with Crippen LogP contribution in [0.3, 0.4) is 0 Å². The van der Waals surface area contributed by atoms with Crippen LogP contribution < -0.4 is 21.3 Å². The number of nitriles is 1. The predicted octanol–water partition coefficient (Wildman–Crippen LogP) is 3.67. The van der Waals surface area contributed by atoms with Gasteiger partial charge in [-0.1, -0.05) is 38.1 Å². The van der Waals surface area contributed by atoms with Gasteiger partial charge in [0, 0.05) is 50.5 Å². The van der Waals surface area contributed by atoms with Crippen LogP contribution in [0, 0.1) is 24.2 Å². The van der Waals surface area contributed by atoms with Crippen molar-refractivity contribution in [1.29, 1.82) is 5.26 Å². The summed E-state index contributed by atoms with van der Waals surface area (Å²) < 4.78 is 0. The van der Waals surface area contributed by atoms with Gasteiger partial charge >= 0.3 is 0 Å². The Morgan fingerprint density at radius 2 is 1.97 bits per heavy atom. The molecule has 10 heteroatoms. The summed E-state index contributed by atoms with van der Waals surface area (Å²) in [5.41, 5.74) is 9.29. The number of nitrogens with one attached hydrogen (secondary N) is 2. The fraction of sp³-hybridized carbons (Fsp3) is 0.393. The molecule has 10 nitrogen and oxygen atoms in total. The SMILES string of the molecule is Cc1ccc(C(N)=O)cc1Nc1nc(N[C@@H]2CCN(Cc3ccccc3C#N)C2)nc(N(C)CC(C)C)n1. The number of aryl methyl sites for hydroxylation is 1. The molecule has 0 unspecified atom stereocenters. The quantitative estimate of drug-likeness (QED) is 0.371. The van der Waals surface area contributed by atoms with Crippen LogP contribution >= 0.6 is 0 Å². The Hall–Kier alpha value is -4.23. The third-order valence-corrected chi connectivity index (χ3v) is 6.51. The van der Waals surface area contributed by atoms with E-state index in [1.54, 1.807) is 12.1 Å². The lowest BCUT2D eigenvalue weighted by atomic mass is 10.1. The summed E-state index contributed by atoms with van der Waals surface area (Å²) in [4.78, 5) is 30.1. The predicted molar refractivity (Wildman–Crippen MR) is 149 cm³/mol. The number of amides is 1. The van der Waals surface area contributed by atoms with E-state index in [4.69, 9.17) is 10.7 Å². The molecule has 1 aliphatic rings. The Labute approximate surface area is 223 Å². The summed E-state index contributed by atoms with van der Waals surface area (Å²) >= 11 is 0. The van der Waals surface area contributed by atoms with E-state index in [0.717, 1.165) is 43.7 Å². The summed E-state index contributed by atoms with van der Waals surface area (Å²) in [6, 6.07) is 15.4. The minimum Gasteiger partial charge on any atom is -0.366 e. The second-order valence-electron chi connectivity index (χ2n) is 10.2. The molecule has 0 radical (unpaired) electrons. The first-order valence-electron chi connectivity index (χ1n) is 12.8. The Morgan fingerprint density at radius 3 is 2.71 bits per heavy atom. The van der Waals surface area contributed by atoms with E-state index in [1.165, 1.54) is 0 Å². The molecule has 4 rings (SSSR count). The van der Waals surface area contributed by atoms with Gasteiger partial charge in [0.25, 0.3) is 0 Å². The van der Waals surface area contributed by atoms with Gasteiger partial charge < -0.3 is 21.3 Å². The zero-order valence-electron chi connectivity index (χ0n) is 22.4. The van der Waals surface area contributed by atoms with Crippen LogP contribution in [-0.2, 0) is 6.54 Å². The van der Waals surface area contributed by atoms with E-state index in [-0.39, 0.29) is 6.04 Å². The van der Waals surface area contributed by atoms with Gasteiger partial charge in [0.05, 0.1) is 11.6 Å². The highest BCUT2D eigenvalue weighted by Crippen LogP contribution is 2.24. The molecular formula is C28H35N9O. The van der Waals surface area contributed by atoms with Crippen LogP contribution in [0.2, 0.25) is 0 Å². The third kappa shape index (κ3) is 6.75. The first-order chi connectivity index (χ1) is 18.2. The van der Waals surface area contributed by atoms with Crippen molar-refractivity contribution in [3.8, 4) is 6.07 Å². The average molecular weight is 514 g/mol. The maximum atomic E-state index is 11.7. The molecule has 38 heavy (non-hydrogen) atoms. The van der Waals surface area contributed by atoms with Crippen molar-refractivity contribution in [3.63, 3.8) is 0 Å². The van der Waals surface area contributed by atoms with Crippen molar-refractivity contribution in [2.45, 2.75) is 39.8 Å². The normalized spacial score (nSPS) is 15.3. The van der Waals surface area contributed by atoms with E-state index >= 15 is 0 Å². The van der Waals surface area contributed by atoms with Crippen LogP contribution in [0.25, 0.3) is 0 Å². The number of likely N-dealkylation sites (tertiary alicyclic amines) is 1. The molecule has 0 bridgehead atoms. The Bertz CT molecular complexity index is 1330. The molecule has 1 aliphatic heterocycles. The lowest BCUT2D eigenvalue weighted by Gasteiger charge is -2.22. The largest absolute Gasteiger partial charge is 0.366 e. The third-order valence-electron chi connectivity index (χ3n) is 6.51. The number of primary amides is 1. The summed E-state index contributed by atoms with van der Waals surface area (Å²) in [6.07, 6.45) is 0.931. The standard InChI is InChI=1S/C28H35N9O/c1-18(2)15-36(4)28-34-26(33-27(35-28)32-24-13-20(25(30)38)10-9-19(24)3)31-23-11-12-37(17-23)16-22-8-6-5-7-21(22)14-29/h5-10,13,18,23H,11-12,15-17H2,1-4H3,(H2,30,38)(H2,31,32,33,34,35)/t23-/m1/s1. The zero-order valence-corrected chi connectivity index (χ0v) is 22.4. The van der Waals surface area contributed by atoms with Crippen molar-refractivity contribution in [2.24, 2.45) is 11.7 Å². The van der Waals surface area contributed by atoms with E-state index in [2.05, 4.69) is 45.4 Å². The fourth-order valence-electron chi connectivity index (χ4n) is 4.60. The Morgan fingerprint density at radius 1 is 1.21 bits per heavy atom. The number of aromatic nitrogens is 3. The van der Waals surface area contributed by atoms with Crippen molar-refractivity contribution in [1.82, 2.24) is 19.9 Å². The van der Waals surface area contributed by atoms with Gasteiger partial charge in [-0.15, -0.1) is 0 Å². The minimum absolute atomic E-state index is 0.155. The number of nitrogens with zero attached hydrogens (tertiary/aromatic N) is 6. The van der Waals surface area contributed by atoms with E-state index in [0.29, 0.717) is 40.6 Å². The molecule has 0 aliphatic carbocycles. The molecule has 2 heterocycles. The van der Waals surface area contributed by atoms with Crippen molar-refractivity contribution < 1.29 is 4.79 Å². The number of anilines is 4. The first-order valence-corrected chi connectivity index (χ1v) is 12.8. The maximum Gasteiger partial charge on any atom is 0.248 e. The Balaban J connectivity index is 1.54.